The van der Waals surface area contributed by atoms with E-state index in [1.165, 1.54) is 6.07 Å². The van der Waals surface area contributed by atoms with Crippen LogP contribution >= 0.6 is 0 Å². The number of hydrogen-bond donors (Lipinski definition) is 0. The Balaban J connectivity index is 1.92. The van der Waals surface area contributed by atoms with Crippen molar-refractivity contribution >= 4 is 11.8 Å². The Morgan fingerprint density at radius 2 is 1.32 bits per heavy atom. The van der Waals surface area contributed by atoms with Crippen molar-refractivity contribution < 1.29 is 27.5 Å². The maximum atomic E-state index is 12.9. The van der Waals surface area contributed by atoms with E-state index in [0.29, 0.717) is 17.2 Å². The van der Waals surface area contributed by atoms with Crippen LogP contribution in [-0.4, -0.2) is 11.8 Å². The van der Waals surface area contributed by atoms with Gasteiger partial charge in [-0.3, -0.25) is 4.79 Å². The molecule has 142 valence electrons. The molecule has 3 aromatic carbocycles. The molecular weight excluding hydrogens is 369 g/mol. The van der Waals surface area contributed by atoms with Gasteiger partial charge in [0.25, 0.3) is 0 Å². The number of Topliss-reactive ketones (excluding diaryl/α,β-unsaturated/α-hetero) is 1. The lowest BCUT2D eigenvalue weighted by atomic mass is 9.99. The number of rotatable bonds is 5. The van der Waals surface area contributed by atoms with Gasteiger partial charge in [-0.05, 0) is 18.2 Å². The molecule has 1 atom stereocenters. The van der Waals surface area contributed by atoms with Gasteiger partial charge in [-0.1, -0.05) is 66.7 Å². The lowest BCUT2D eigenvalue weighted by Crippen LogP contribution is -2.20. The van der Waals surface area contributed by atoms with Crippen molar-refractivity contribution in [2.24, 2.45) is 0 Å². The molecule has 0 N–H and O–H groups in total. The fourth-order valence-corrected chi connectivity index (χ4v) is 2.65. The van der Waals surface area contributed by atoms with Crippen molar-refractivity contribution in [2.75, 3.05) is 0 Å². The van der Waals surface area contributed by atoms with Crippen LogP contribution in [0.25, 0.3) is 0 Å². The minimum atomic E-state index is -4.59. The summed E-state index contributed by atoms with van der Waals surface area (Å²) in [7, 11) is 0. The molecule has 0 spiro atoms. The van der Waals surface area contributed by atoms with E-state index in [-0.39, 0.29) is 5.56 Å². The van der Waals surface area contributed by atoms with Crippen LogP contribution in [0, 0.1) is 0 Å². The third-order valence-electron chi connectivity index (χ3n) is 4.05. The van der Waals surface area contributed by atoms with Crippen molar-refractivity contribution in [1.29, 1.82) is 0 Å². The molecule has 0 saturated heterocycles. The van der Waals surface area contributed by atoms with Gasteiger partial charge in [0.15, 0.2) is 6.10 Å². The second kappa shape index (κ2) is 8.08. The fraction of sp³-hybridized carbons (Fsp3) is 0.0909. The first-order chi connectivity index (χ1) is 13.4. The van der Waals surface area contributed by atoms with Crippen LogP contribution in [0.2, 0.25) is 0 Å². The summed E-state index contributed by atoms with van der Waals surface area (Å²) < 4.78 is 44.1. The summed E-state index contributed by atoms with van der Waals surface area (Å²) >= 11 is 0. The normalized spacial score (nSPS) is 12.2. The Morgan fingerprint density at radius 3 is 1.93 bits per heavy atom. The number of ether oxygens (including phenoxy) is 1. The highest BCUT2D eigenvalue weighted by atomic mass is 19.4. The molecule has 3 aromatic rings. The first kappa shape index (κ1) is 19.4. The summed E-state index contributed by atoms with van der Waals surface area (Å²) in [6.07, 6.45) is -5.86. The van der Waals surface area contributed by atoms with Crippen molar-refractivity contribution in [3.05, 3.63) is 107 Å². The molecule has 0 aliphatic heterocycles. The van der Waals surface area contributed by atoms with Crippen LogP contribution < -0.4 is 0 Å². The second-order valence-corrected chi connectivity index (χ2v) is 6.00. The predicted molar refractivity (Wildman–Crippen MR) is 96.8 cm³/mol. The SMILES string of the molecule is O=C(O[C@@H](C(=O)c1ccccc1)c1ccccc1)c1cccc(C(F)(F)F)c1. The highest BCUT2D eigenvalue weighted by molar-refractivity contribution is 6.02. The van der Waals surface area contributed by atoms with Gasteiger partial charge in [0.1, 0.15) is 0 Å². The lowest BCUT2D eigenvalue weighted by Gasteiger charge is -2.18. The van der Waals surface area contributed by atoms with Crippen molar-refractivity contribution in [2.45, 2.75) is 12.3 Å². The Labute approximate surface area is 159 Å². The summed E-state index contributed by atoms with van der Waals surface area (Å²) in [6.45, 7) is 0. The Kier molecular flexibility index (Phi) is 5.59. The van der Waals surface area contributed by atoms with E-state index in [0.717, 1.165) is 12.1 Å². The molecule has 0 amide bonds. The van der Waals surface area contributed by atoms with Gasteiger partial charge in [-0.25, -0.2) is 4.79 Å². The number of hydrogen-bond acceptors (Lipinski definition) is 3. The molecule has 28 heavy (non-hydrogen) atoms. The highest BCUT2D eigenvalue weighted by Gasteiger charge is 2.32. The average molecular weight is 384 g/mol. The topological polar surface area (TPSA) is 43.4 Å². The molecular formula is C22H15F3O3. The van der Waals surface area contributed by atoms with Crippen LogP contribution in [0.4, 0.5) is 13.2 Å². The maximum absolute atomic E-state index is 12.9. The number of ketones is 1. The van der Waals surface area contributed by atoms with Crippen LogP contribution in [0.5, 0.6) is 0 Å². The molecule has 0 radical (unpaired) electrons. The smallest absolute Gasteiger partial charge is 0.416 e. The van der Waals surface area contributed by atoms with E-state index in [4.69, 9.17) is 4.74 Å². The van der Waals surface area contributed by atoms with E-state index >= 15 is 0 Å². The van der Waals surface area contributed by atoms with E-state index < -0.39 is 29.6 Å². The number of carbonyl (C=O) groups is 2. The van der Waals surface area contributed by atoms with Crippen molar-refractivity contribution in [3.63, 3.8) is 0 Å². The molecule has 0 bridgehead atoms. The molecule has 0 aromatic heterocycles. The summed E-state index contributed by atoms with van der Waals surface area (Å²) in [4.78, 5) is 25.4. The standard InChI is InChI=1S/C22H15F3O3/c23-22(24,25)18-13-7-12-17(14-18)21(27)28-20(16-10-5-2-6-11-16)19(26)15-8-3-1-4-9-15/h1-14,20H/t20-/m1/s1. The van der Waals surface area contributed by atoms with Gasteiger partial charge in [0.2, 0.25) is 5.78 Å². The molecule has 0 fully saturated rings. The molecule has 3 rings (SSSR count). The lowest BCUT2D eigenvalue weighted by molar-refractivity contribution is -0.137. The quantitative estimate of drug-likeness (QED) is 0.432. The minimum Gasteiger partial charge on any atom is -0.445 e. The molecule has 0 heterocycles. The molecule has 0 aliphatic carbocycles. The summed E-state index contributed by atoms with van der Waals surface area (Å²) in [6, 6.07) is 20.5. The maximum Gasteiger partial charge on any atom is 0.416 e. The van der Waals surface area contributed by atoms with Gasteiger partial charge < -0.3 is 4.74 Å². The van der Waals surface area contributed by atoms with Crippen LogP contribution in [0.15, 0.2) is 84.9 Å². The second-order valence-electron chi connectivity index (χ2n) is 6.00. The van der Waals surface area contributed by atoms with Crippen LogP contribution in [0.1, 0.15) is 37.9 Å². The first-order valence-electron chi connectivity index (χ1n) is 8.39. The van der Waals surface area contributed by atoms with Gasteiger partial charge in [0.05, 0.1) is 11.1 Å². The van der Waals surface area contributed by atoms with E-state index in [9.17, 15) is 22.8 Å². The minimum absolute atomic E-state index is 0.281. The van der Waals surface area contributed by atoms with E-state index in [1.807, 2.05) is 0 Å². The monoisotopic (exact) mass is 384 g/mol. The Bertz CT molecular complexity index is 967. The van der Waals surface area contributed by atoms with Crippen LogP contribution in [0.3, 0.4) is 0 Å². The summed E-state index contributed by atoms with van der Waals surface area (Å²) in [5.74, 6) is -1.48. The number of halogens is 3. The molecule has 6 heteroatoms. The number of alkyl halides is 3. The largest absolute Gasteiger partial charge is 0.445 e. The van der Waals surface area contributed by atoms with Gasteiger partial charge >= 0.3 is 12.1 Å². The zero-order chi connectivity index (χ0) is 20.1. The van der Waals surface area contributed by atoms with E-state index in [1.54, 1.807) is 60.7 Å². The van der Waals surface area contributed by atoms with Crippen molar-refractivity contribution in [1.82, 2.24) is 0 Å². The van der Waals surface area contributed by atoms with E-state index in [2.05, 4.69) is 0 Å². The van der Waals surface area contributed by atoms with Gasteiger partial charge in [-0.15, -0.1) is 0 Å². The third kappa shape index (κ3) is 4.46. The number of benzene rings is 3. The Hall–Kier alpha value is -3.41. The van der Waals surface area contributed by atoms with Gasteiger partial charge in [0, 0.05) is 11.1 Å². The fourth-order valence-electron chi connectivity index (χ4n) is 2.65. The number of esters is 1. The summed E-state index contributed by atoms with van der Waals surface area (Å²) in [5, 5.41) is 0. The zero-order valence-electron chi connectivity index (χ0n) is 14.5. The molecule has 0 aliphatic rings. The number of carbonyl (C=O) groups excluding carboxylic acids is 2. The summed E-state index contributed by atoms with van der Waals surface area (Å²) in [5.41, 5.74) is -0.492. The molecule has 0 unspecified atom stereocenters. The zero-order valence-corrected chi connectivity index (χ0v) is 14.5. The average Bonchev–Trinajstić information content (AvgIpc) is 2.72. The molecule has 3 nitrogen and oxygen atoms in total. The van der Waals surface area contributed by atoms with Crippen molar-refractivity contribution in [3.8, 4) is 0 Å². The predicted octanol–water partition coefficient (Wildman–Crippen LogP) is 5.49. The third-order valence-corrected chi connectivity index (χ3v) is 4.05. The van der Waals surface area contributed by atoms with Gasteiger partial charge in [-0.2, -0.15) is 13.2 Å². The molecule has 0 saturated carbocycles. The first-order valence-corrected chi connectivity index (χ1v) is 8.39. The van der Waals surface area contributed by atoms with Crippen LogP contribution in [-0.2, 0) is 10.9 Å². The highest BCUT2D eigenvalue weighted by Crippen LogP contribution is 2.30. The Morgan fingerprint density at radius 1 is 0.750 bits per heavy atom.